The Morgan fingerprint density at radius 2 is 1.93 bits per heavy atom. The van der Waals surface area contributed by atoms with Crippen LogP contribution in [0.1, 0.15) is 18.5 Å². The second-order valence-corrected chi connectivity index (χ2v) is 6.77. The van der Waals surface area contributed by atoms with E-state index in [4.69, 9.17) is 10.7 Å². The Bertz CT molecular complexity index is 1340. The van der Waals surface area contributed by atoms with Crippen LogP contribution in [-0.4, -0.2) is 29.5 Å². The molecule has 0 amide bonds. The SMILES string of the molecule is CC(c1cc2cccnc2cc1F)n1cnc2ncc(-c3ccc(N)nc3)nc21. The zero-order valence-corrected chi connectivity index (χ0v) is 15.5. The Morgan fingerprint density at radius 1 is 1.03 bits per heavy atom. The van der Waals surface area contributed by atoms with Crippen LogP contribution in [0, 0.1) is 5.82 Å². The molecule has 2 N–H and O–H groups in total. The standard InChI is InChI=1S/C21H16FN7/c1-12(15-7-13-3-2-6-24-17(13)8-16(15)22)29-11-27-20-21(29)28-18(10-26-20)14-4-5-19(23)25-9-14/h2-12H,1H3,(H2,23,25). The quantitative estimate of drug-likeness (QED) is 0.508. The van der Waals surface area contributed by atoms with Crippen LogP contribution >= 0.6 is 0 Å². The van der Waals surface area contributed by atoms with Gasteiger partial charge >= 0.3 is 0 Å². The van der Waals surface area contributed by atoms with Gasteiger partial charge in [-0.15, -0.1) is 0 Å². The molecular formula is C21H16FN7. The van der Waals surface area contributed by atoms with E-state index in [-0.39, 0.29) is 11.9 Å². The minimum Gasteiger partial charge on any atom is -0.384 e. The van der Waals surface area contributed by atoms with Gasteiger partial charge < -0.3 is 10.3 Å². The van der Waals surface area contributed by atoms with Crippen molar-refractivity contribution in [2.45, 2.75) is 13.0 Å². The molecule has 0 saturated heterocycles. The molecule has 1 unspecified atom stereocenters. The zero-order valence-electron chi connectivity index (χ0n) is 15.5. The third kappa shape index (κ3) is 2.94. The molecule has 0 spiro atoms. The summed E-state index contributed by atoms with van der Waals surface area (Å²) in [6, 6.07) is 10.2. The Kier molecular flexibility index (Phi) is 3.90. The van der Waals surface area contributed by atoms with Gasteiger partial charge in [-0.25, -0.2) is 24.3 Å². The first-order chi connectivity index (χ1) is 14.1. The predicted octanol–water partition coefficient (Wildman–Crippen LogP) is 3.77. The van der Waals surface area contributed by atoms with Gasteiger partial charge in [-0.05, 0) is 31.2 Å². The number of hydrogen-bond acceptors (Lipinski definition) is 6. The molecule has 0 bridgehead atoms. The smallest absolute Gasteiger partial charge is 0.197 e. The monoisotopic (exact) mass is 385 g/mol. The predicted molar refractivity (Wildman–Crippen MR) is 108 cm³/mol. The summed E-state index contributed by atoms with van der Waals surface area (Å²) in [5.41, 5.74) is 9.30. The molecular weight excluding hydrogens is 369 g/mol. The average Bonchev–Trinajstić information content (AvgIpc) is 3.16. The molecule has 4 heterocycles. The third-order valence-corrected chi connectivity index (χ3v) is 4.96. The van der Waals surface area contributed by atoms with E-state index in [1.165, 1.54) is 6.07 Å². The number of nitrogens with two attached hydrogens (primary N) is 1. The molecule has 4 aromatic heterocycles. The fourth-order valence-corrected chi connectivity index (χ4v) is 3.37. The van der Waals surface area contributed by atoms with Crippen LogP contribution in [0.4, 0.5) is 10.2 Å². The lowest BCUT2D eigenvalue weighted by Crippen LogP contribution is -2.09. The number of anilines is 1. The molecule has 5 aromatic rings. The van der Waals surface area contributed by atoms with Gasteiger partial charge in [-0.1, -0.05) is 6.07 Å². The minimum absolute atomic E-state index is 0.322. The van der Waals surface area contributed by atoms with Crippen molar-refractivity contribution < 1.29 is 4.39 Å². The molecule has 0 saturated carbocycles. The highest BCUT2D eigenvalue weighted by Gasteiger charge is 2.18. The lowest BCUT2D eigenvalue weighted by Gasteiger charge is -2.16. The van der Waals surface area contributed by atoms with Crippen LogP contribution < -0.4 is 5.73 Å². The lowest BCUT2D eigenvalue weighted by molar-refractivity contribution is 0.564. The third-order valence-electron chi connectivity index (χ3n) is 4.96. The first-order valence-electron chi connectivity index (χ1n) is 9.06. The van der Waals surface area contributed by atoms with Crippen molar-refractivity contribution in [2.75, 3.05) is 5.73 Å². The van der Waals surface area contributed by atoms with Gasteiger partial charge in [0.15, 0.2) is 11.3 Å². The Hall–Kier alpha value is -3.94. The number of rotatable bonds is 3. The summed E-state index contributed by atoms with van der Waals surface area (Å²) in [5, 5.41) is 0.875. The Morgan fingerprint density at radius 3 is 2.76 bits per heavy atom. The van der Waals surface area contributed by atoms with E-state index in [1.807, 2.05) is 35.8 Å². The number of nitrogen functional groups attached to an aromatic ring is 1. The van der Waals surface area contributed by atoms with Crippen LogP contribution in [-0.2, 0) is 0 Å². The van der Waals surface area contributed by atoms with Crippen molar-refractivity contribution in [1.29, 1.82) is 0 Å². The number of aromatic nitrogens is 6. The molecule has 0 radical (unpaired) electrons. The normalized spacial score (nSPS) is 12.5. The number of benzene rings is 1. The zero-order chi connectivity index (χ0) is 20.0. The Balaban J connectivity index is 1.62. The Labute approximate surface area is 165 Å². The molecule has 0 aliphatic carbocycles. The van der Waals surface area contributed by atoms with Crippen LogP contribution in [0.15, 0.2) is 61.3 Å². The summed E-state index contributed by atoms with van der Waals surface area (Å²) in [4.78, 5) is 21.7. The fraction of sp³-hybridized carbons (Fsp3) is 0.0952. The highest BCUT2D eigenvalue weighted by Crippen LogP contribution is 2.28. The highest BCUT2D eigenvalue weighted by molar-refractivity contribution is 5.79. The number of pyridine rings is 2. The second kappa shape index (κ2) is 6.59. The van der Waals surface area contributed by atoms with Crippen molar-refractivity contribution in [1.82, 2.24) is 29.5 Å². The van der Waals surface area contributed by atoms with E-state index in [0.29, 0.717) is 33.9 Å². The first-order valence-corrected chi connectivity index (χ1v) is 9.06. The van der Waals surface area contributed by atoms with Crippen LogP contribution in [0.3, 0.4) is 0 Å². The van der Waals surface area contributed by atoms with Crippen LogP contribution in [0.25, 0.3) is 33.5 Å². The van der Waals surface area contributed by atoms with E-state index in [1.54, 1.807) is 31.0 Å². The summed E-state index contributed by atoms with van der Waals surface area (Å²) in [5.74, 6) is 0.111. The molecule has 0 aliphatic heterocycles. The van der Waals surface area contributed by atoms with Gasteiger partial charge in [0.25, 0.3) is 0 Å². The van der Waals surface area contributed by atoms with Gasteiger partial charge in [0, 0.05) is 35.0 Å². The largest absolute Gasteiger partial charge is 0.384 e. The molecule has 142 valence electrons. The maximum atomic E-state index is 14.8. The van der Waals surface area contributed by atoms with E-state index in [2.05, 4.69) is 19.9 Å². The van der Waals surface area contributed by atoms with E-state index in [0.717, 1.165) is 10.9 Å². The van der Waals surface area contributed by atoms with Gasteiger partial charge in [-0.3, -0.25) is 4.98 Å². The maximum Gasteiger partial charge on any atom is 0.197 e. The minimum atomic E-state index is -0.335. The molecule has 0 fully saturated rings. The van der Waals surface area contributed by atoms with Gasteiger partial charge in [0.1, 0.15) is 11.6 Å². The molecule has 1 aromatic carbocycles. The van der Waals surface area contributed by atoms with Crippen molar-refractivity contribution in [3.63, 3.8) is 0 Å². The van der Waals surface area contributed by atoms with Gasteiger partial charge in [0.05, 0.1) is 29.8 Å². The highest BCUT2D eigenvalue weighted by atomic mass is 19.1. The van der Waals surface area contributed by atoms with Crippen LogP contribution in [0.5, 0.6) is 0 Å². The average molecular weight is 385 g/mol. The van der Waals surface area contributed by atoms with Crippen molar-refractivity contribution in [3.8, 4) is 11.3 Å². The topological polar surface area (TPSA) is 95.4 Å². The molecule has 7 nitrogen and oxygen atoms in total. The van der Waals surface area contributed by atoms with Crippen molar-refractivity contribution >= 4 is 28.0 Å². The van der Waals surface area contributed by atoms with Gasteiger partial charge in [0.2, 0.25) is 0 Å². The summed E-state index contributed by atoms with van der Waals surface area (Å²) < 4.78 is 16.6. The molecule has 0 aliphatic rings. The molecule has 29 heavy (non-hydrogen) atoms. The second-order valence-electron chi connectivity index (χ2n) is 6.77. The summed E-state index contributed by atoms with van der Waals surface area (Å²) in [7, 11) is 0. The summed E-state index contributed by atoms with van der Waals surface area (Å²) >= 11 is 0. The molecule has 8 heteroatoms. The number of fused-ring (bicyclic) bond motifs is 2. The number of nitrogens with zero attached hydrogens (tertiary/aromatic N) is 6. The van der Waals surface area contributed by atoms with E-state index >= 15 is 0 Å². The number of halogens is 1. The van der Waals surface area contributed by atoms with Crippen molar-refractivity contribution in [2.24, 2.45) is 0 Å². The van der Waals surface area contributed by atoms with Crippen LogP contribution in [0.2, 0.25) is 0 Å². The van der Waals surface area contributed by atoms with Gasteiger partial charge in [-0.2, -0.15) is 0 Å². The number of hydrogen-bond donors (Lipinski definition) is 1. The molecule has 1 atom stereocenters. The fourth-order valence-electron chi connectivity index (χ4n) is 3.37. The molecule has 5 rings (SSSR count). The lowest BCUT2D eigenvalue weighted by atomic mass is 10.0. The maximum absolute atomic E-state index is 14.8. The van der Waals surface area contributed by atoms with E-state index < -0.39 is 0 Å². The van der Waals surface area contributed by atoms with Crippen molar-refractivity contribution in [3.05, 3.63) is 72.7 Å². The van der Waals surface area contributed by atoms with E-state index in [9.17, 15) is 4.39 Å². The first kappa shape index (κ1) is 17.2. The summed E-state index contributed by atoms with van der Waals surface area (Å²) in [6.07, 6.45) is 6.57. The number of imidazole rings is 1. The summed E-state index contributed by atoms with van der Waals surface area (Å²) in [6.45, 7) is 1.90.